The lowest BCUT2D eigenvalue weighted by Gasteiger charge is -2.14. The Bertz CT molecular complexity index is 765. The third kappa shape index (κ3) is 6.03. The minimum atomic E-state index is -0.990. The van der Waals surface area contributed by atoms with Gasteiger partial charge in [-0.25, -0.2) is 4.39 Å². The van der Waals surface area contributed by atoms with Crippen LogP contribution in [-0.4, -0.2) is 18.0 Å². The molecule has 4 nitrogen and oxygen atoms in total. The van der Waals surface area contributed by atoms with E-state index in [1.165, 1.54) is 25.1 Å². The fraction of sp³-hybridized carbons (Fsp3) is 0.222. The molecule has 0 radical (unpaired) electrons. The van der Waals surface area contributed by atoms with Gasteiger partial charge < -0.3 is 10.1 Å². The third-order valence-electron chi connectivity index (χ3n) is 3.39. The quantitative estimate of drug-likeness (QED) is 0.739. The number of carbonyl (C=O) groups excluding carboxylic acids is 2. The number of amides is 1. The summed E-state index contributed by atoms with van der Waals surface area (Å²) in [7, 11) is 0. The fourth-order valence-electron chi connectivity index (χ4n) is 2.03. The predicted molar refractivity (Wildman–Crippen MR) is 95.4 cm³/mol. The van der Waals surface area contributed by atoms with Gasteiger partial charge in [0, 0.05) is 11.4 Å². The molecule has 0 aliphatic rings. The van der Waals surface area contributed by atoms with Gasteiger partial charge in [0.25, 0.3) is 5.91 Å². The maximum absolute atomic E-state index is 12.8. The van der Waals surface area contributed by atoms with Gasteiger partial charge in [-0.15, -0.1) is 0 Å². The molecule has 2 aromatic rings. The van der Waals surface area contributed by atoms with E-state index in [1.54, 1.807) is 24.3 Å². The van der Waals surface area contributed by atoms with E-state index in [4.69, 9.17) is 27.9 Å². The standard InChI is InChI=1S/C18H16Cl2FNO3/c1-11(18(24)22-16-10-13(19)5-8-15(16)20)25-17(23)9-4-12-2-6-14(21)7-3-12/h2-3,5-8,10-11H,4,9H2,1H3,(H,22,24)/t11-/m0/s1. The van der Waals surface area contributed by atoms with Crippen molar-refractivity contribution in [3.63, 3.8) is 0 Å². The number of hydrogen-bond acceptors (Lipinski definition) is 3. The Morgan fingerprint density at radius 1 is 1.16 bits per heavy atom. The van der Waals surface area contributed by atoms with Crippen LogP contribution in [-0.2, 0) is 20.7 Å². The molecular weight excluding hydrogens is 368 g/mol. The molecule has 132 valence electrons. The Hall–Kier alpha value is -2.11. The lowest BCUT2D eigenvalue weighted by molar-refractivity contribution is -0.153. The molecule has 0 saturated heterocycles. The number of benzene rings is 2. The van der Waals surface area contributed by atoms with Crippen LogP contribution >= 0.6 is 23.2 Å². The zero-order chi connectivity index (χ0) is 18.4. The predicted octanol–water partition coefficient (Wildman–Crippen LogP) is 4.64. The van der Waals surface area contributed by atoms with Crippen molar-refractivity contribution in [2.45, 2.75) is 25.9 Å². The van der Waals surface area contributed by atoms with Crippen molar-refractivity contribution in [2.75, 3.05) is 5.32 Å². The van der Waals surface area contributed by atoms with Gasteiger partial charge >= 0.3 is 5.97 Å². The van der Waals surface area contributed by atoms with Gasteiger partial charge in [0.1, 0.15) is 5.82 Å². The normalized spacial score (nSPS) is 11.7. The molecular formula is C18H16Cl2FNO3. The molecule has 2 rings (SSSR count). The highest BCUT2D eigenvalue weighted by atomic mass is 35.5. The second-order valence-electron chi connectivity index (χ2n) is 5.37. The van der Waals surface area contributed by atoms with Crippen LogP contribution in [0.1, 0.15) is 18.9 Å². The highest BCUT2D eigenvalue weighted by Crippen LogP contribution is 2.25. The van der Waals surface area contributed by atoms with Crippen molar-refractivity contribution in [2.24, 2.45) is 0 Å². The largest absolute Gasteiger partial charge is 0.453 e. The summed E-state index contributed by atoms with van der Waals surface area (Å²) in [6, 6.07) is 10.5. The molecule has 25 heavy (non-hydrogen) atoms. The Morgan fingerprint density at radius 2 is 1.84 bits per heavy atom. The van der Waals surface area contributed by atoms with E-state index in [0.717, 1.165) is 5.56 Å². The van der Waals surface area contributed by atoms with E-state index >= 15 is 0 Å². The van der Waals surface area contributed by atoms with Crippen LogP contribution in [0.5, 0.6) is 0 Å². The molecule has 0 fully saturated rings. The summed E-state index contributed by atoms with van der Waals surface area (Å²) in [4.78, 5) is 23.9. The second-order valence-corrected chi connectivity index (χ2v) is 6.22. The maximum Gasteiger partial charge on any atom is 0.306 e. The SMILES string of the molecule is C[C@H](OC(=O)CCc1ccc(F)cc1)C(=O)Nc1cc(Cl)ccc1Cl. The number of nitrogens with one attached hydrogen (secondary N) is 1. The Kier molecular flexibility index (Phi) is 6.79. The van der Waals surface area contributed by atoms with Gasteiger partial charge in [0.05, 0.1) is 10.7 Å². The molecule has 0 unspecified atom stereocenters. The zero-order valence-corrected chi connectivity index (χ0v) is 14.9. The lowest BCUT2D eigenvalue weighted by atomic mass is 10.1. The van der Waals surface area contributed by atoms with Gasteiger partial charge in [0.15, 0.2) is 6.10 Å². The van der Waals surface area contributed by atoms with Crippen molar-refractivity contribution in [3.8, 4) is 0 Å². The summed E-state index contributed by atoms with van der Waals surface area (Å²) in [5, 5.41) is 3.31. The van der Waals surface area contributed by atoms with E-state index < -0.39 is 18.0 Å². The molecule has 1 N–H and O–H groups in total. The number of anilines is 1. The number of esters is 1. The highest BCUT2D eigenvalue weighted by molar-refractivity contribution is 6.35. The van der Waals surface area contributed by atoms with E-state index in [1.807, 2.05) is 0 Å². The first-order chi connectivity index (χ1) is 11.8. The smallest absolute Gasteiger partial charge is 0.306 e. The van der Waals surface area contributed by atoms with Gasteiger partial charge in [0.2, 0.25) is 0 Å². The number of hydrogen-bond donors (Lipinski definition) is 1. The fourth-order valence-corrected chi connectivity index (χ4v) is 2.37. The van der Waals surface area contributed by atoms with Crippen LogP contribution in [0, 0.1) is 5.82 Å². The lowest BCUT2D eigenvalue weighted by Crippen LogP contribution is -2.30. The second kappa shape index (κ2) is 8.83. The van der Waals surface area contributed by atoms with Gasteiger partial charge in [-0.2, -0.15) is 0 Å². The molecule has 7 heteroatoms. The number of rotatable bonds is 6. The first-order valence-electron chi connectivity index (χ1n) is 7.55. The number of ether oxygens (including phenoxy) is 1. The summed E-state index contributed by atoms with van der Waals surface area (Å²) >= 11 is 11.8. The zero-order valence-electron chi connectivity index (χ0n) is 13.4. The Balaban J connectivity index is 1.84. The van der Waals surface area contributed by atoms with Crippen LogP contribution in [0.4, 0.5) is 10.1 Å². The number of carbonyl (C=O) groups is 2. The van der Waals surface area contributed by atoms with Gasteiger partial charge in [-0.1, -0.05) is 35.3 Å². The van der Waals surface area contributed by atoms with E-state index in [0.29, 0.717) is 22.2 Å². The van der Waals surface area contributed by atoms with Crippen molar-refractivity contribution in [1.82, 2.24) is 0 Å². The third-order valence-corrected chi connectivity index (χ3v) is 3.96. The first-order valence-corrected chi connectivity index (χ1v) is 8.30. The summed E-state index contributed by atoms with van der Waals surface area (Å²) in [5.41, 5.74) is 1.15. The van der Waals surface area contributed by atoms with Crippen LogP contribution < -0.4 is 5.32 Å². The van der Waals surface area contributed by atoms with Crippen molar-refractivity contribution in [3.05, 3.63) is 63.9 Å². The molecule has 0 spiro atoms. The first kappa shape index (κ1) is 19.2. The van der Waals surface area contributed by atoms with Crippen LogP contribution in [0.3, 0.4) is 0 Å². The summed E-state index contributed by atoms with van der Waals surface area (Å²) in [6.45, 7) is 1.46. The minimum absolute atomic E-state index is 0.0845. The minimum Gasteiger partial charge on any atom is -0.453 e. The van der Waals surface area contributed by atoms with Crippen molar-refractivity contribution >= 4 is 40.8 Å². The molecule has 0 aliphatic heterocycles. The van der Waals surface area contributed by atoms with Crippen LogP contribution in [0.15, 0.2) is 42.5 Å². The molecule has 0 bridgehead atoms. The Labute approximate surface area is 154 Å². The monoisotopic (exact) mass is 383 g/mol. The average molecular weight is 384 g/mol. The summed E-state index contributed by atoms with van der Waals surface area (Å²) in [6.07, 6.45) is -0.509. The van der Waals surface area contributed by atoms with Crippen LogP contribution in [0.2, 0.25) is 10.0 Å². The van der Waals surface area contributed by atoms with Gasteiger partial charge in [-0.05, 0) is 49.2 Å². The molecule has 0 heterocycles. The number of halogens is 3. The highest BCUT2D eigenvalue weighted by Gasteiger charge is 2.19. The molecule has 0 aromatic heterocycles. The number of aryl methyl sites for hydroxylation is 1. The molecule has 0 saturated carbocycles. The molecule has 0 aliphatic carbocycles. The topological polar surface area (TPSA) is 55.4 Å². The van der Waals surface area contributed by atoms with Gasteiger partial charge in [-0.3, -0.25) is 9.59 Å². The summed E-state index contributed by atoms with van der Waals surface area (Å²) < 4.78 is 17.9. The average Bonchev–Trinajstić information content (AvgIpc) is 2.57. The maximum atomic E-state index is 12.8. The van der Waals surface area contributed by atoms with E-state index in [9.17, 15) is 14.0 Å². The van der Waals surface area contributed by atoms with Crippen molar-refractivity contribution in [1.29, 1.82) is 0 Å². The Morgan fingerprint density at radius 3 is 2.52 bits per heavy atom. The molecule has 1 atom stereocenters. The molecule has 2 aromatic carbocycles. The van der Waals surface area contributed by atoms with Crippen molar-refractivity contribution < 1.29 is 18.7 Å². The van der Waals surface area contributed by atoms with E-state index in [-0.39, 0.29) is 12.2 Å². The molecule has 1 amide bonds. The van der Waals surface area contributed by atoms with E-state index in [2.05, 4.69) is 5.32 Å². The van der Waals surface area contributed by atoms with Crippen LogP contribution in [0.25, 0.3) is 0 Å². The summed E-state index contributed by atoms with van der Waals surface area (Å²) in [5.74, 6) is -1.38.